The van der Waals surface area contributed by atoms with Crippen molar-refractivity contribution in [2.24, 2.45) is 9.81 Å². The zero-order valence-corrected chi connectivity index (χ0v) is 26.0. The van der Waals surface area contributed by atoms with E-state index in [2.05, 4.69) is 50.5 Å². The van der Waals surface area contributed by atoms with Gasteiger partial charge in [0.05, 0.1) is 18.0 Å². The SMILES string of the molecule is CC(NC1(CCC(C)(C)C)C(=O)C(C2=NS(=O)(=O)c3cc(NS(C)(=O)=O)ccc3N2)=C(O)c2ccccc21)c1ncc[nH]1. The first-order valence-corrected chi connectivity index (χ1v) is 16.9. The maximum atomic E-state index is 14.8. The molecule has 2 unspecified atom stereocenters. The molecule has 0 bridgehead atoms. The minimum Gasteiger partial charge on any atom is -0.506 e. The van der Waals surface area contributed by atoms with Crippen molar-refractivity contribution in [2.75, 3.05) is 16.3 Å². The summed E-state index contributed by atoms with van der Waals surface area (Å²) in [6, 6.07) is 10.4. The zero-order valence-electron chi connectivity index (χ0n) is 24.4. The Bertz CT molecular complexity index is 1880. The van der Waals surface area contributed by atoms with Gasteiger partial charge in [0.15, 0.2) is 11.6 Å². The highest BCUT2D eigenvalue weighted by Gasteiger charge is 2.50. The van der Waals surface area contributed by atoms with Crippen molar-refractivity contribution in [3.63, 3.8) is 0 Å². The summed E-state index contributed by atoms with van der Waals surface area (Å²) in [7, 11) is -8.08. The fraction of sp³-hybridized carbons (Fsp3) is 0.345. The molecule has 1 aliphatic heterocycles. The summed E-state index contributed by atoms with van der Waals surface area (Å²) in [6.07, 6.45) is 5.18. The van der Waals surface area contributed by atoms with Crippen LogP contribution in [0.4, 0.5) is 11.4 Å². The number of carbonyl (C=O) groups excluding carboxylic acids is 1. The molecule has 14 heteroatoms. The molecule has 1 aliphatic carbocycles. The molecule has 0 saturated carbocycles. The highest BCUT2D eigenvalue weighted by atomic mass is 32.2. The smallest absolute Gasteiger partial charge is 0.286 e. The summed E-state index contributed by atoms with van der Waals surface area (Å²) in [5.74, 6) is -0.684. The number of H-pyrrole nitrogens is 1. The molecule has 0 saturated heterocycles. The summed E-state index contributed by atoms with van der Waals surface area (Å²) in [5.41, 5.74) is -0.790. The number of aromatic nitrogens is 2. The van der Waals surface area contributed by atoms with Crippen molar-refractivity contribution in [1.29, 1.82) is 0 Å². The summed E-state index contributed by atoms with van der Waals surface area (Å²) in [6.45, 7) is 8.05. The fourth-order valence-corrected chi connectivity index (χ4v) is 7.09. The number of aliphatic hydroxyl groups excluding tert-OH is 1. The average Bonchev–Trinajstić information content (AvgIpc) is 3.45. The number of nitrogens with one attached hydrogen (secondary N) is 4. The highest BCUT2D eigenvalue weighted by molar-refractivity contribution is 7.92. The first kappa shape index (κ1) is 30.4. The van der Waals surface area contributed by atoms with Crippen LogP contribution in [0, 0.1) is 5.41 Å². The number of hydrogen-bond donors (Lipinski definition) is 5. The minimum absolute atomic E-state index is 0.0346. The van der Waals surface area contributed by atoms with Gasteiger partial charge in [-0.05, 0) is 48.9 Å². The molecule has 0 radical (unpaired) electrons. The Kier molecular flexibility index (Phi) is 7.51. The summed E-state index contributed by atoms with van der Waals surface area (Å²) in [4.78, 5) is 21.9. The molecule has 3 aromatic rings. The largest absolute Gasteiger partial charge is 0.506 e. The van der Waals surface area contributed by atoms with E-state index < -0.39 is 43.2 Å². The van der Waals surface area contributed by atoms with E-state index in [1.165, 1.54) is 12.1 Å². The number of amidine groups is 1. The molecule has 5 N–H and O–H groups in total. The predicted molar refractivity (Wildman–Crippen MR) is 165 cm³/mol. The number of hydrogen-bond acceptors (Lipinski definition) is 9. The zero-order chi connectivity index (χ0) is 31.4. The molecule has 2 aromatic carbocycles. The van der Waals surface area contributed by atoms with Gasteiger partial charge in [-0.3, -0.25) is 14.8 Å². The topological polar surface area (TPSA) is 183 Å². The van der Waals surface area contributed by atoms with E-state index in [1.54, 1.807) is 36.7 Å². The predicted octanol–water partition coefficient (Wildman–Crippen LogP) is 4.22. The van der Waals surface area contributed by atoms with Gasteiger partial charge in [0.2, 0.25) is 10.0 Å². The molecule has 0 spiro atoms. The Morgan fingerprint density at radius 1 is 1.14 bits per heavy atom. The average molecular weight is 627 g/mol. The monoisotopic (exact) mass is 626 g/mol. The van der Waals surface area contributed by atoms with E-state index in [0.717, 1.165) is 12.3 Å². The Morgan fingerprint density at radius 3 is 2.51 bits per heavy atom. The van der Waals surface area contributed by atoms with Crippen LogP contribution in [0.15, 0.2) is 69.7 Å². The molecule has 0 amide bonds. The van der Waals surface area contributed by atoms with Crippen LogP contribution < -0.4 is 15.4 Å². The molecule has 43 heavy (non-hydrogen) atoms. The summed E-state index contributed by atoms with van der Waals surface area (Å²) in [5, 5.41) is 17.9. The van der Waals surface area contributed by atoms with Crippen LogP contribution in [0.25, 0.3) is 5.76 Å². The molecular formula is C29H34N6O6S2. The van der Waals surface area contributed by atoms with Crippen LogP contribution in [0.2, 0.25) is 0 Å². The van der Waals surface area contributed by atoms with Gasteiger partial charge in [0, 0.05) is 23.6 Å². The van der Waals surface area contributed by atoms with Gasteiger partial charge in [0.1, 0.15) is 27.6 Å². The van der Waals surface area contributed by atoms with Crippen LogP contribution >= 0.6 is 0 Å². The second-order valence-electron chi connectivity index (χ2n) is 12.0. The van der Waals surface area contributed by atoms with E-state index in [0.29, 0.717) is 29.8 Å². The maximum absolute atomic E-state index is 14.8. The number of aromatic amines is 1. The minimum atomic E-state index is -4.42. The van der Waals surface area contributed by atoms with Gasteiger partial charge >= 0.3 is 0 Å². The molecule has 5 rings (SSSR count). The van der Waals surface area contributed by atoms with Gasteiger partial charge in [-0.2, -0.15) is 8.42 Å². The number of sulfonamides is 2. The van der Waals surface area contributed by atoms with Gasteiger partial charge < -0.3 is 15.4 Å². The fourth-order valence-electron chi connectivity index (χ4n) is 5.38. The molecule has 2 aliphatic rings. The molecule has 0 fully saturated rings. The number of ketones is 1. The summed E-state index contributed by atoms with van der Waals surface area (Å²) >= 11 is 0. The number of nitrogens with zero attached hydrogens (tertiary/aromatic N) is 2. The van der Waals surface area contributed by atoms with Crippen molar-refractivity contribution >= 4 is 48.8 Å². The number of imidazole rings is 1. The summed E-state index contributed by atoms with van der Waals surface area (Å²) < 4.78 is 56.4. The lowest BCUT2D eigenvalue weighted by molar-refractivity contribution is -0.122. The van der Waals surface area contributed by atoms with Crippen molar-refractivity contribution in [2.45, 2.75) is 57.0 Å². The quantitative estimate of drug-likeness (QED) is 0.244. The lowest BCUT2D eigenvalue weighted by atomic mass is 9.69. The number of carbonyl (C=O) groups is 1. The number of Topliss-reactive ketones (excluding diaryl/α,β-unsaturated/α-hetero) is 1. The van der Waals surface area contributed by atoms with E-state index in [4.69, 9.17) is 0 Å². The van der Waals surface area contributed by atoms with E-state index in [-0.39, 0.29) is 33.1 Å². The van der Waals surface area contributed by atoms with Crippen LogP contribution in [-0.4, -0.2) is 49.8 Å². The highest BCUT2D eigenvalue weighted by Crippen LogP contribution is 2.45. The number of aliphatic hydroxyl groups is 1. The molecule has 228 valence electrons. The van der Waals surface area contributed by atoms with Crippen LogP contribution in [-0.2, 0) is 30.4 Å². The van der Waals surface area contributed by atoms with Gasteiger partial charge in [0.25, 0.3) is 10.0 Å². The molecule has 1 aromatic heterocycles. The number of anilines is 2. The first-order chi connectivity index (χ1) is 20.0. The van der Waals surface area contributed by atoms with Crippen molar-refractivity contribution < 1.29 is 26.7 Å². The number of benzene rings is 2. The molecule has 12 nitrogen and oxygen atoms in total. The Hall–Kier alpha value is -4.01. The molecular weight excluding hydrogens is 592 g/mol. The van der Waals surface area contributed by atoms with Gasteiger partial charge in [-0.1, -0.05) is 45.0 Å². The third kappa shape index (κ3) is 5.94. The second-order valence-corrected chi connectivity index (χ2v) is 15.4. The van der Waals surface area contributed by atoms with Crippen LogP contribution in [0.5, 0.6) is 0 Å². The van der Waals surface area contributed by atoms with Crippen molar-refractivity contribution in [1.82, 2.24) is 15.3 Å². The first-order valence-electron chi connectivity index (χ1n) is 13.6. The number of rotatable bonds is 8. The molecule has 2 heterocycles. The molecule has 2 atom stereocenters. The maximum Gasteiger partial charge on any atom is 0.286 e. The van der Waals surface area contributed by atoms with Crippen molar-refractivity contribution in [3.8, 4) is 0 Å². The lowest BCUT2D eigenvalue weighted by Crippen LogP contribution is -2.55. The van der Waals surface area contributed by atoms with Gasteiger partial charge in [-0.25, -0.2) is 13.4 Å². The van der Waals surface area contributed by atoms with Crippen LogP contribution in [0.1, 0.15) is 63.5 Å². The van der Waals surface area contributed by atoms with E-state index >= 15 is 0 Å². The standard InChI is InChI=1S/C29H34N6O6S2/c1-17(26-30-14-15-31-26)33-29(13-12-28(2,3)4)20-9-7-6-8-19(20)24(36)23(25(29)37)27-32-21-11-10-18(34-42(5,38)39)16-22(21)43(40,41)35-27/h6-11,14-17,33-34,36H,12-13H2,1-5H3,(H,30,31)(H,32,35). The van der Waals surface area contributed by atoms with Gasteiger partial charge in [-0.15, -0.1) is 4.40 Å². The third-order valence-corrected chi connectivity index (χ3v) is 9.32. The van der Waals surface area contributed by atoms with E-state index in [9.17, 15) is 26.7 Å². The normalized spacial score (nSPS) is 20.5. The third-order valence-electron chi connectivity index (χ3n) is 7.40. The van der Waals surface area contributed by atoms with Crippen LogP contribution in [0.3, 0.4) is 0 Å². The van der Waals surface area contributed by atoms with Crippen molar-refractivity contribution in [3.05, 3.63) is 77.4 Å². The number of fused-ring (bicyclic) bond motifs is 2. The second kappa shape index (κ2) is 10.6. The Balaban J connectivity index is 1.66. The van der Waals surface area contributed by atoms with E-state index in [1.807, 2.05) is 6.92 Å². The Labute approximate surface area is 250 Å². The lowest BCUT2D eigenvalue weighted by Gasteiger charge is -2.42. The Morgan fingerprint density at radius 2 is 1.86 bits per heavy atom.